The smallest absolute Gasteiger partial charge is 0.414 e. The van der Waals surface area contributed by atoms with Crippen molar-refractivity contribution in [3.63, 3.8) is 0 Å². The molecular formula is C33H44N4O6S2. The fraction of sp³-hybridized carbons (Fsp3) is 0.515. The van der Waals surface area contributed by atoms with Crippen LogP contribution < -0.4 is 15.8 Å². The molecule has 4 atom stereocenters. The average Bonchev–Trinajstić information content (AvgIpc) is 3.69. The summed E-state index contributed by atoms with van der Waals surface area (Å²) in [4.78, 5) is 41.4. The number of nitrogens with two attached hydrogens (primary N) is 1. The fourth-order valence-electron chi connectivity index (χ4n) is 6.98. The first-order chi connectivity index (χ1) is 21.5. The molecule has 12 heteroatoms. The lowest BCUT2D eigenvalue weighted by molar-refractivity contribution is -0.159. The molecule has 2 fully saturated rings. The molecule has 2 aliphatic rings. The first-order valence-electron chi connectivity index (χ1n) is 15.5. The van der Waals surface area contributed by atoms with Gasteiger partial charge in [0.25, 0.3) is 5.91 Å². The summed E-state index contributed by atoms with van der Waals surface area (Å²) in [5.74, 6) is -1.43. The van der Waals surface area contributed by atoms with E-state index in [2.05, 4.69) is 48.1 Å². The van der Waals surface area contributed by atoms with Crippen LogP contribution >= 0.6 is 22.7 Å². The number of para-hydroxylation sites is 1. The number of carboxylic acid groups (broad SMARTS) is 2. The maximum atomic E-state index is 13.6. The molecule has 3 heterocycles. The minimum absolute atomic E-state index is 0.000651. The summed E-state index contributed by atoms with van der Waals surface area (Å²) in [7, 11) is 0. The second-order valence-corrected chi connectivity index (χ2v) is 14.3. The van der Waals surface area contributed by atoms with Gasteiger partial charge in [0.2, 0.25) is 0 Å². The highest BCUT2D eigenvalue weighted by Crippen LogP contribution is 2.53. The van der Waals surface area contributed by atoms with Crippen LogP contribution in [0.3, 0.4) is 0 Å². The van der Waals surface area contributed by atoms with Crippen molar-refractivity contribution in [2.24, 2.45) is 17.8 Å². The third kappa shape index (κ3) is 8.62. The summed E-state index contributed by atoms with van der Waals surface area (Å²) in [5.41, 5.74) is 6.72. The second kappa shape index (κ2) is 15.7. The zero-order valence-corrected chi connectivity index (χ0v) is 27.7. The number of aromatic nitrogens is 1. The Morgan fingerprint density at radius 1 is 1.07 bits per heavy atom. The van der Waals surface area contributed by atoms with Gasteiger partial charge in [-0.15, -0.1) is 22.7 Å². The Balaban J connectivity index is 0.000000700. The van der Waals surface area contributed by atoms with Crippen LogP contribution in [-0.2, 0) is 14.4 Å². The van der Waals surface area contributed by atoms with Gasteiger partial charge in [-0.1, -0.05) is 51.8 Å². The van der Waals surface area contributed by atoms with E-state index in [0.717, 1.165) is 30.1 Å². The van der Waals surface area contributed by atoms with Crippen LogP contribution in [0.4, 0.5) is 5.13 Å². The summed E-state index contributed by atoms with van der Waals surface area (Å²) in [6.07, 6.45) is 7.22. The van der Waals surface area contributed by atoms with Crippen LogP contribution in [0.2, 0.25) is 0 Å². The van der Waals surface area contributed by atoms with Crippen LogP contribution in [0.1, 0.15) is 70.2 Å². The van der Waals surface area contributed by atoms with E-state index in [1.165, 1.54) is 48.3 Å². The number of carbonyl (C=O) groups excluding carboxylic acids is 1. The molecule has 0 bridgehead atoms. The van der Waals surface area contributed by atoms with Gasteiger partial charge in [0.1, 0.15) is 5.75 Å². The van der Waals surface area contributed by atoms with Gasteiger partial charge < -0.3 is 26.0 Å². The number of anilines is 1. The van der Waals surface area contributed by atoms with Crippen molar-refractivity contribution in [2.45, 2.75) is 70.9 Å². The van der Waals surface area contributed by atoms with Gasteiger partial charge in [-0.05, 0) is 80.8 Å². The van der Waals surface area contributed by atoms with E-state index in [1.54, 1.807) is 11.3 Å². The van der Waals surface area contributed by atoms with Gasteiger partial charge in [0, 0.05) is 15.8 Å². The predicted octanol–water partition coefficient (Wildman–Crippen LogP) is 6.16. The Labute approximate surface area is 272 Å². The predicted molar refractivity (Wildman–Crippen MR) is 177 cm³/mol. The van der Waals surface area contributed by atoms with E-state index < -0.39 is 11.9 Å². The van der Waals surface area contributed by atoms with Gasteiger partial charge >= 0.3 is 11.9 Å². The number of piperidine rings is 1. The number of ether oxygens (including phenoxy) is 1. The zero-order valence-electron chi connectivity index (χ0n) is 26.1. The molecular weight excluding hydrogens is 613 g/mol. The maximum Gasteiger partial charge on any atom is 0.414 e. The van der Waals surface area contributed by atoms with E-state index in [9.17, 15) is 4.79 Å². The van der Waals surface area contributed by atoms with Crippen molar-refractivity contribution in [2.75, 3.05) is 25.4 Å². The number of carbonyl (C=O) groups is 3. The third-order valence-electron chi connectivity index (χ3n) is 8.82. The van der Waals surface area contributed by atoms with Crippen molar-refractivity contribution in [3.8, 4) is 16.3 Å². The lowest BCUT2D eigenvalue weighted by atomic mass is 9.60. The lowest BCUT2D eigenvalue weighted by Crippen LogP contribution is -2.65. The standard InChI is InChI=1S/C31H42N4O2S2.C2H2O4/c1-21(2)24-13-12-22(3)18-31(24,35-16-8-5-9-17-35)29(34-28(36)19-37-23-10-6-4-7-11-23)27-15-14-26(39-27)25-20-38-30(32)33-25;3-1(4)2(5)6/h4,6-7,10-11,14-15,20-22,24,29H,5,8-9,12-13,16-19H2,1-3H3,(H2,32,33)(H,34,36);(H,3,4)(H,5,6). The van der Waals surface area contributed by atoms with E-state index >= 15 is 0 Å². The second-order valence-electron chi connectivity index (χ2n) is 12.3. The molecule has 3 aromatic rings. The highest BCUT2D eigenvalue weighted by Gasteiger charge is 2.54. The van der Waals surface area contributed by atoms with Crippen molar-refractivity contribution < 1.29 is 29.3 Å². The Kier molecular flexibility index (Phi) is 12.0. The quantitative estimate of drug-likeness (QED) is 0.198. The monoisotopic (exact) mass is 656 g/mol. The number of benzene rings is 1. The molecule has 5 rings (SSSR count). The van der Waals surface area contributed by atoms with E-state index in [1.807, 2.05) is 35.7 Å². The highest BCUT2D eigenvalue weighted by atomic mass is 32.1. The normalized spacial score (nSPS) is 22.6. The number of nitrogen functional groups attached to an aromatic ring is 1. The number of thiophene rings is 1. The summed E-state index contributed by atoms with van der Waals surface area (Å²) in [6.45, 7) is 9.31. The summed E-state index contributed by atoms with van der Waals surface area (Å²) in [5, 5.41) is 20.9. The van der Waals surface area contributed by atoms with Crippen molar-refractivity contribution in [3.05, 3.63) is 52.7 Å². The zero-order chi connectivity index (χ0) is 32.6. The summed E-state index contributed by atoms with van der Waals surface area (Å²) >= 11 is 3.21. The van der Waals surface area contributed by atoms with Crippen LogP contribution in [0.25, 0.3) is 10.6 Å². The number of nitrogens with zero attached hydrogens (tertiary/aromatic N) is 2. The Bertz CT molecular complexity index is 1410. The van der Waals surface area contributed by atoms with Gasteiger partial charge in [0.15, 0.2) is 11.7 Å². The number of nitrogens with one attached hydrogen (secondary N) is 1. The van der Waals surface area contributed by atoms with Crippen molar-refractivity contribution in [1.82, 2.24) is 15.2 Å². The molecule has 1 aliphatic heterocycles. The van der Waals surface area contributed by atoms with Gasteiger partial charge in [-0.25, -0.2) is 14.6 Å². The summed E-state index contributed by atoms with van der Waals surface area (Å²) in [6, 6.07) is 13.8. The number of hydrogen-bond donors (Lipinski definition) is 4. The first kappa shape index (κ1) is 34.4. The number of amides is 1. The van der Waals surface area contributed by atoms with Gasteiger partial charge in [-0.3, -0.25) is 9.69 Å². The molecule has 244 valence electrons. The van der Waals surface area contributed by atoms with Crippen LogP contribution in [-0.4, -0.2) is 63.2 Å². The Hall–Kier alpha value is -3.48. The topological polar surface area (TPSA) is 155 Å². The van der Waals surface area contributed by atoms with Crippen molar-refractivity contribution in [1.29, 1.82) is 0 Å². The first-order valence-corrected chi connectivity index (χ1v) is 17.2. The molecule has 5 N–H and O–H groups in total. The molecule has 1 aromatic carbocycles. The van der Waals surface area contributed by atoms with Gasteiger partial charge in [0.05, 0.1) is 16.6 Å². The fourth-order valence-corrected chi connectivity index (χ4v) is 8.74. The molecule has 1 saturated heterocycles. The van der Waals surface area contributed by atoms with Gasteiger partial charge in [-0.2, -0.15) is 0 Å². The molecule has 45 heavy (non-hydrogen) atoms. The number of aliphatic carboxylic acids is 2. The molecule has 1 saturated carbocycles. The van der Waals surface area contributed by atoms with Crippen molar-refractivity contribution >= 4 is 45.7 Å². The number of rotatable bonds is 9. The van der Waals surface area contributed by atoms with Crippen LogP contribution in [0, 0.1) is 17.8 Å². The molecule has 0 radical (unpaired) electrons. The number of likely N-dealkylation sites (tertiary alicyclic amines) is 1. The molecule has 1 amide bonds. The maximum absolute atomic E-state index is 13.6. The Morgan fingerprint density at radius 3 is 2.36 bits per heavy atom. The van der Waals surface area contributed by atoms with Crippen LogP contribution in [0.15, 0.2) is 47.8 Å². The third-order valence-corrected chi connectivity index (χ3v) is 10.7. The largest absolute Gasteiger partial charge is 0.484 e. The highest BCUT2D eigenvalue weighted by molar-refractivity contribution is 7.17. The lowest BCUT2D eigenvalue weighted by Gasteiger charge is -2.59. The van der Waals surface area contributed by atoms with E-state index in [-0.39, 0.29) is 24.1 Å². The molecule has 0 spiro atoms. The summed E-state index contributed by atoms with van der Waals surface area (Å²) < 4.78 is 5.90. The number of hydrogen-bond acceptors (Lipinski definition) is 9. The number of carboxylic acids is 2. The van der Waals surface area contributed by atoms with E-state index in [4.69, 9.17) is 30.3 Å². The molecule has 2 aromatic heterocycles. The molecule has 4 unspecified atom stereocenters. The minimum Gasteiger partial charge on any atom is -0.484 e. The minimum atomic E-state index is -1.82. The van der Waals surface area contributed by atoms with Crippen LogP contribution in [0.5, 0.6) is 5.75 Å². The molecule has 10 nitrogen and oxygen atoms in total. The number of thiazole rings is 1. The Morgan fingerprint density at radius 2 is 1.76 bits per heavy atom. The SMILES string of the molecule is CC1CCC(C(C)C)C(C(NC(=O)COc2ccccc2)c2ccc(-c3csc(N)n3)s2)(N2CCCCC2)C1.O=C(O)C(=O)O. The average molecular weight is 657 g/mol. The molecule has 1 aliphatic carbocycles. The van der Waals surface area contributed by atoms with E-state index in [0.29, 0.717) is 28.6 Å².